The van der Waals surface area contributed by atoms with Crippen LogP contribution in [0.15, 0.2) is 18.2 Å². The number of carbonyl (C=O) groups excluding carboxylic acids is 1. The molecule has 1 amide bonds. The number of hydrogen-bond donors (Lipinski definition) is 1. The number of fused-ring (bicyclic) bond motifs is 1. The van der Waals surface area contributed by atoms with E-state index < -0.39 is 5.60 Å². The molecule has 2 heterocycles. The Balaban J connectivity index is 1.46. The van der Waals surface area contributed by atoms with Gasteiger partial charge in [-0.25, -0.2) is 0 Å². The molecule has 6 nitrogen and oxygen atoms in total. The molecule has 4 rings (SSSR count). The first kappa shape index (κ1) is 19.7. The average molecular weight is 389 g/mol. The second-order valence-corrected chi connectivity index (χ2v) is 8.56. The van der Waals surface area contributed by atoms with E-state index in [1.807, 2.05) is 6.07 Å². The molecule has 1 unspecified atom stereocenters. The molecule has 154 valence electrons. The largest absolute Gasteiger partial charge is 0.484 e. The fourth-order valence-electron chi connectivity index (χ4n) is 4.94. The van der Waals surface area contributed by atoms with Crippen molar-refractivity contribution < 1.29 is 19.4 Å². The highest BCUT2D eigenvalue weighted by Gasteiger charge is 2.41. The SMILES string of the molecule is CN1Cc2cc(OCC(=O)N3CCOCC3)ccc2C(C2(O)CCCCC2)C1. The number of carbonyl (C=O) groups is 1. The van der Waals surface area contributed by atoms with Crippen LogP contribution in [-0.2, 0) is 16.1 Å². The van der Waals surface area contributed by atoms with Crippen molar-refractivity contribution in [2.75, 3.05) is 46.5 Å². The third-order valence-corrected chi connectivity index (χ3v) is 6.52. The van der Waals surface area contributed by atoms with Gasteiger partial charge in [-0.1, -0.05) is 25.3 Å². The van der Waals surface area contributed by atoms with Crippen LogP contribution in [0.5, 0.6) is 5.75 Å². The molecule has 0 bridgehead atoms. The minimum Gasteiger partial charge on any atom is -0.484 e. The van der Waals surface area contributed by atoms with Crippen molar-refractivity contribution in [3.8, 4) is 5.75 Å². The number of likely N-dealkylation sites (N-methyl/N-ethyl adjacent to an activating group) is 1. The molecule has 1 aromatic rings. The van der Waals surface area contributed by atoms with Gasteiger partial charge >= 0.3 is 0 Å². The third kappa shape index (κ3) is 4.19. The molecule has 0 radical (unpaired) electrons. The van der Waals surface area contributed by atoms with E-state index in [0.29, 0.717) is 26.3 Å². The van der Waals surface area contributed by atoms with E-state index in [4.69, 9.17) is 9.47 Å². The Labute approximate surface area is 167 Å². The summed E-state index contributed by atoms with van der Waals surface area (Å²) in [6, 6.07) is 6.11. The number of morpholine rings is 1. The highest BCUT2D eigenvalue weighted by atomic mass is 16.5. The minimum absolute atomic E-state index is 0.00697. The zero-order chi connectivity index (χ0) is 19.6. The van der Waals surface area contributed by atoms with Crippen molar-refractivity contribution >= 4 is 5.91 Å². The summed E-state index contributed by atoms with van der Waals surface area (Å²) >= 11 is 0. The van der Waals surface area contributed by atoms with Crippen molar-refractivity contribution in [1.29, 1.82) is 0 Å². The maximum atomic E-state index is 12.3. The van der Waals surface area contributed by atoms with Gasteiger partial charge in [-0.15, -0.1) is 0 Å². The second kappa shape index (κ2) is 8.39. The van der Waals surface area contributed by atoms with Crippen LogP contribution in [0.3, 0.4) is 0 Å². The molecule has 1 saturated carbocycles. The predicted octanol–water partition coefficient (Wildman–Crippen LogP) is 2.15. The summed E-state index contributed by atoms with van der Waals surface area (Å²) in [5.74, 6) is 0.878. The Morgan fingerprint density at radius 1 is 1.25 bits per heavy atom. The first-order valence-electron chi connectivity index (χ1n) is 10.6. The van der Waals surface area contributed by atoms with Gasteiger partial charge in [0.05, 0.1) is 18.8 Å². The summed E-state index contributed by atoms with van der Waals surface area (Å²) in [6.07, 6.45) is 5.21. The molecule has 6 heteroatoms. The molecule has 1 N–H and O–H groups in total. The number of benzene rings is 1. The average Bonchev–Trinajstić information content (AvgIpc) is 2.72. The lowest BCUT2D eigenvalue weighted by atomic mass is 9.70. The lowest BCUT2D eigenvalue weighted by Gasteiger charge is -2.44. The van der Waals surface area contributed by atoms with E-state index in [0.717, 1.165) is 44.5 Å². The fraction of sp³-hybridized carbons (Fsp3) is 0.682. The van der Waals surface area contributed by atoms with Gasteiger partial charge in [0.25, 0.3) is 5.91 Å². The Hall–Kier alpha value is -1.63. The van der Waals surface area contributed by atoms with Gasteiger partial charge < -0.3 is 24.4 Å². The summed E-state index contributed by atoms with van der Waals surface area (Å²) in [6.45, 7) is 4.26. The van der Waals surface area contributed by atoms with E-state index in [-0.39, 0.29) is 18.4 Å². The number of nitrogens with zero attached hydrogens (tertiary/aromatic N) is 2. The van der Waals surface area contributed by atoms with Crippen molar-refractivity contribution in [2.45, 2.75) is 50.2 Å². The van der Waals surface area contributed by atoms with Gasteiger partial charge in [-0.3, -0.25) is 4.79 Å². The second-order valence-electron chi connectivity index (χ2n) is 8.56. The van der Waals surface area contributed by atoms with E-state index in [9.17, 15) is 9.90 Å². The molecule has 2 aliphatic heterocycles. The van der Waals surface area contributed by atoms with Crippen LogP contribution in [0, 0.1) is 0 Å². The topological polar surface area (TPSA) is 62.2 Å². The normalized spacial score (nSPS) is 25.2. The Bertz CT molecular complexity index is 696. The van der Waals surface area contributed by atoms with Gasteiger partial charge in [-0.2, -0.15) is 0 Å². The van der Waals surface area contributed by atoms with Gasteiger partial charge in [0.1, 0.15) is 5.75 Å². The molecule has 28 heavy (non-hydrogen) atoms. The lowest BCUT2D eigenvalue weighted by molar-refractivity contribution is -0.137. The number of hydrogen-bond acceptors (Lipinski definition) is 5. The maximum Gasteiger partial charge on any atom is 0.260 e. The maximum absolute atomic E-state index is 12.3. The summed E-state index contributed by atoms with van der Waals surface area (Å²) < 4.78 is 11.1. The Kier molecular flexibility index (Phi) is 5.90. The molecule has 2 fully saturated rings. The Morgan fingerprint density at radius 3 is 2.75 bits per heavy atom. The molecule has 1 aliphatic carbocycles. The smallest absolute Gasteiger partial charge is 0.260 e. The zero-order valence-electron chi connectivity index (χ0n) is 16.9. The van der Waals surface area contributed by atoms with Crippen molar-refractivity contribution in [2.24, 2.45) is 0 Å². The Morgan fingerprint density at radius 2 is 2.00 bits per heavy atom. The quantitative estimate of drug-likeness (QED) is 0.856. The van der Waals surface area contributed by atoms with Gasteiger partial charge in [0, 0.05) is 32.1 Å². The van der Waals surface area contributed by atoms with Crippen LogP contribution in [0.2, 0.25) is 0 Å². The molecule has 1 atom stereocenters. The molecule has 0 spiro atoms. The van der Waals surface area contributed by atoms with Crippen LogP contribution in [0.25, 0.3) is 0 Å². The molecular formula is C22H32N2O4. The minimum atomic E-state index is -0.601. The summed E-state index contributed by atoms with van der Waals surface area (Å²) in [5, 5.41) is 11.3. The van der Waals surface area contributed by atoms with Crippen molar-refractivity contribution in [3.63, 3.8) is 0 Å². The molecule has 1 saturated heterocycles. The summed E-state index contributed by atoms with van der Waals surface area (Å²) in [4.78, 5) is 16.4. The number of rotatable bonds is 4. The molecule has 3 aliphatic rings. The van der Waals surface area contributed by atoms with E-state index in [1.54, 1.807) is 4.90 Å². The predicted molar refractivity (Wildman–Crippen MR) is 106 cm³/mol. The van der Waals surface area contributed by atoms with Crippen molar-refractivity contribution in [1.82, 2.24) is 9.80 Å². The lowest BCUT2D eigenvalue weighted by Crippen LogP contribution is -2.46. The molecular weight excluding hydrogens is 356 g/mol. The van der Waals surface area contributed by atoms with E-state index >= 15 is 0 Å². The highest BCUT2D eigenvalue weighted by molar-refractivity contribution is 5.77. The van der Waals surface area contributed by atoms with E-state index in [2.05, 4.69) is 24.1 Å². The summed E-state index contributed by atoms with van der Waals surface area (Å²) in [7, 11) is 2.11. The molecule has 0 aromatic heterocycles. The van der Waals surface area contributed by atoms with Gasteiger partial charge in [0.15, 0.2) is 6.61 Å². The van der Waals surface area contributed by atoms with Crippen LogP contribution in [-0.4, -0.2) is 72.9 Å². The van der Waals surface area contributed by atoms with Crippen LogP contribution < -0.4 is 4.74 Å². The van der Waals surface area contributed by atoms with Crippen LogP contribution in [0.1, 0.15) is 49.1 Å². The third-order valence-electron chi connectivity index (χ3n) is 6.52. The number of ether oxygens (including phenoxy) is 2. The first-order chi connectivity index (χ1) is 13.5. The molecule has 1 aromatic carbocycles. The number of aliphatic hydroxyl groups is 1. The highest BCUT2D eigenvalue weighted by Crippen LogP contribution is 2.44. The van der Waals surface area contributed by atoms with Crippen LogP contribution >= 0.6 is 0 Å². The number of amides is 1. The van der Waals surface area contributed by atoms with Gasteiger partial charge in [0.2, 0.25) is 0 Å². The monoisotopic (exact) mass is 388 g/mol. The van der Waals surface area contributed by atoms with Gasteiger partial charge in [-0.05, 0) is 43.1 Å². The fourth-order valence-corrected chi connectivity index (χ4v) is 4.94. The van der Waals surface area contributed by atoms with Crippen LogP contribution in [0.4, 0.5) is 0 Å². The first-order valence-corrected chi connectivity index (χ1v) is 10.6. The summed E-state index contributed by atoms with van der Waals surface area (Å²) in [5.41, 5.74) is 1.85. The van der Waals surface area contributed by atoms with E-state index in [1.165, 1.54) is 17.5 Å². The van der Waals surface area contributed by atoms with Crippen molar-refractivity contribution in [3.05, 3.63) is 29.3 Å². The standard InChI is InChI=1S/C22H32N2O4/c1-23-14-17-13-18(28-16-21(25)24-9-11-27-12-10-24)5-6-19(17)20(15-23)22(26)7-3-2-4-8-22/h5-6,13,20,26H,2-4,7-12,14-16H2,1H3. The zero-order valence-corrected chi connectivity index (χ0v) is 16.9.